The molecule has 2 heteroatoms. The highest BCUT2D eigenvalue weighted by atomic mass is 15.2. The van der Waals surface area contributed by atoms with Crippen molar-refractivity contribution >= 4 is 0 Å². The van der Waals surface area contributed by atoms with Gasteiger partial charge in [-0.15, -0.1) is 0 Å². The predicted octanol–water partition coefficient (Wildman–Crippen LogP) is 1.42. The molecule has 4 bridgehead atoms. The second-order valence-corrected chi connectivity index (χ2v) is 5.69. The fourth-order valence-electron chi connectivity index (χ4n) is 4.22. The highest BCUT2D eigenvalue weighted by molar-refractivity contribution is 4.98. The molecule has 14 heavy (non-hydrogen) atoms. The molecule has 0 amide bonds. The Bertz CT molecular complexity index is 204. The molecule has 5 saturated heterocycles. The second kappa shape index (κ2) is 3.21. The standard InChI is InChI=1S/C12H22N2/c1-13-7-9-3-5-11(13)10-4-6-12(9)14(2)8-10/h9-12H,3-8H2,1-2H3/t9-,10+,11+,12-. The van der Waals surface area contributed by atoms with E-state index < -0.39 is 0 Å². The van der Waals surface area contributed by atoms with Crippen molar-refractivity contribution in [3.05, 3.63) is 0 Å². The van der Waals surface area contributed by atoms with E-state index in [1.165, 1.54) is 38.8 Å². The summed E-state index contributed by atoms with van der Waals surface area (Å²) in [5.41, 5.74) is 0. The first kappa shape index (κ1) is 9.17. The Labute approximate surface area is 87.3 Å². The van der Waals surface area contributed by atoms with Crippen molar-refractivity contribution in [2.75, 3.05) is 27.2 Å². The molecule has 0 radical (unpaired) electrons. The van der Waals surface area contributed by atoms with E-state index in [0.29, 0.717) is 0 Å². The van der Waals surface area contributed by atoms with Crippen LogP contribution in [0.4, 0.5) is 0 Å². The van der Waals surface area contributed by atoms with Crippen LogP contribution in [0.25, 0.3) is 0 Å². The molecule has 1 saturated carbocycles. The van der Waals surface area contributed by atoms with Crippen molar-refractivity contribution in [1.29, 1.82) is 0 Å². The summed E-state index contributed by atoms with van der Waals surface area (Å²) < 4.78 is 0. The first-order valence-electron chi connectivity index (χ1n) is 6.16. The van der Waals surface area contributed by atoms with Gasteiger partial charge >= 0.3 is 0 Å². The minimum absolute atomic E-state index is 0.898. The number of hydrogen-bond donors (Lipinski definition) is 0. The van der Waals surface area contributed by atoms with Gasteiger partial charge in [-0.25, -0.2) is 0 Å². The Morgan fingerprint density at radius 1 is 0.714 bits per heavy atom. The Hall–Kier alpha value is -0.0800. The van der Waals surface area contributed by atoms with E-state index in [2.05, 4.69) is 23.9 Å². The lowest BCUT2D eigenvalue weighted by atomic mass is 9.72. The molecule has 6 fully saturated rings. The van der Waals surface area contributed by atoms with Crippen molar-refractivity contribution < 1.29 is 0 Å². The minimum Gasteiger partial charge on any atom is -0.303 e. The van der Waals surface area contributed by atoms with Gasteiger partial charge in [0.2, 0.25) is 0 Å². The highest BCUT2D eigenvalue weighted by Gasteiger charge is 2.43. The third-order valence-electron chi connectivity index (χ3n) is 4.93. The molecule has 0 aromatic heterocycles. The van der Waals surface area contributed by atoms with Gasteiger partial charge in [-0.05, 0) is 51.6 Å². The molecule has 0 N–H and O–H groups in total. The molecule has 6 rings (SSSR count). The summed E-state index contributed by atoms with van der Waals surface area (Å²) in [5.74, 6) is 1.92. The van der Waals surface area contributed by atoms with Crippen molar-refractivity contribution in [2.24, 2.45) is 11.8 Å². The molecular formula is C12H22N2. The third kappa shape index (κ3) is 1.24. The normalized spacial score (nSPS) is 49.3. The van der Waals surface area contributed by atoms with E-state index >= 15 is 0 Å². The topological polar surface area (TPSA) is 6.48 Å². The van der Waals surface area contributed by atoms with Gasteiger partial charge in [0, 0.05) is 25.2 Å². The molecule has 80 valence electrons. The number of nitrogens with zero attached hydrogens (tertiary/aromatic N) is 2. The average molecular weight is 194 g/mol. The van der Waals surface area contributed by atoms with Crippen LogP contribution in [0.1, 0.15) is 25.7 Å². The van der Waals surface area contributed by atoms with Crippen LogP contribution >= 0.6 is 0 Å². The van der Waals surface area contributed by atoms with E-state index in [1.807, 2.05) is 0 Å². The van der Waals surface area contributed by atoms with E-state index in [9.17, 15) is 0 Å². The maximum absolute atomic E-state index is 2.65. The fourth-order valence-corrected chi connectivity index (χ4v) is 4.22. The molecule has 5 heterocycles. The fraction of sp³-hybridized carbons (Fsp3) is 1.00. The summed E-state index contributed by atoms with van der Waals surface area (Å²) in [6.45, 7) is 2.71. The van der Waals surface area contributed by atoms with Crippen molar-refractivity contribution in [3.63, 3.8) is 0 Å². The molecule has 4 atom stereocenters. The Morgan fingerprint density at radius 2 is 1.14 bits per heavy atom. The van der Waals surface area contributed by atoms with Gasteiger partial charge < -0.3 is 9.80 Å². The molecule has 5 aliphatic heterocycles. The van der Waals surface area contributed by atoms with Crippen molar-refractivity contribution in [3.8, 4) is 0 Å². The lowest BCUT2D eigenvalue weighted by Gasteiger charge is -2.54. The number of piperidine rings is 2. The molecule has 0 aromatic rings. The van der Waals surface area contributed by atoms with E-state index in [-0.39, 0.29) is 0 Å². The van der Waals surface area contributed by atoms with Crippen LogP contribution in [0.3, 0.4) is 0 Å². The molecule has 0 spiro atoms. The molecule has 2 nitrogen and oxygen atoms in total. The maximum Gasteiger partial charge on any atom is 0.0133 e. The monoisotopic (exact) mass is 194 g/mol. The molecule has 6 aliphatic rings. The van der Waals surface area contributed by atoms with Crippen LogP contribution in [-0.2, 0) is 0 Å². The number of rotatable bonds is 0. The third-order valence-corrected chi connectivity index (χ3v) is 4.93. The van der Waals surface area contributed by atoms with Crippen LogP contribution in [0.15, 0.2) is 0 Å². The van der Waals surface area contributed by atoms with Gasteiger partial charge in [0.15, 0.2) is 0 Å². The van der Waals surface area contributed by atoms with E-state index in [4.69, 9.17) is 0 Å². The zero-order valence-electron chi connectivity index (χ0n) is 9.45. The van der Waals surface area contributed by atoms with Crippen LogP contribution in [-0.4, -0.2) is 49.1 Å². The Kier molecular flexibility index (Phi) is 2.10. The molecule has 0 aromatic carbocycles. The quantitative estimate of drug-likeness (QED) is 0.575. The first-order valence-corrected chi connectivity index (χ1v) is 6.16. The van der Waals surface area contributed by atoms with Gasteiger partial charge in [0.25, 0.3) is 0 Å². The molecule has 0 unspecified atom stereocenters. The lowest BCUT2D eigenvalue weighted by Crippen LogP contribution is -2.59. The number of hydrogen-bond acceptors (Lipinski definition) is 2. The van der Waals surface area contributed by atoms with Crippen molar-refractivity contribution in [2.45, 2.75) is 37.8 Å². The lowest BCUT2D eigenvalue weighted by molar-refractivity contribution is -0.0381. The minimum atomic E-state index is 0.898. The SMILES string of the molecule is CN1C[C@@H]2CC[C@@H]1[C@@H]1CC[C@@H]2N(C)C1. The molecule has 1 aliphatic carbocycles. The molecular weight excluding hydrogens is 172 g/mol. The van der Waals surface area contributed by atoms with E-state index in [1.54, 1.807) is 0 Å². The second-order valence-electron chi connectivity index (χ2n) is 5.69. The zero-order chi connectivity index (χ0) is 9.71. The van der Waals surface area contributed by atoms with Gasteiger partial charge in [-0.2, -0.15) is 0 Å². The summed E-state index contributed by atoms with van der Waals surface area (Å²) in [7, 11) is 4.69. The largest absolute Gasteiger partial charge is 0.303 e. The Morgan fingerprint density at radius 3 is 1.50 bits per heavy atom. The van der Waals surface area contributed by atoms with Gasteiger partial charge in [0.05, 0.1) is 0 Å². The predicted molar refractivity (Wildman–Crippen MR) is 58.3 cm³/mol. The highest BCUT2D eigenvalue weighted by Crippen LogP contribution is 2.40. The Balaban J connectivity index is 1.91. The average Bonchev–Trinajstić information content (AvgIpc) is 2.13. The van der Waals surface area contributed by atoms with Gasteiger partial charge in [0.1, 0.15) is 0 Å². The zero-order valence-corrected chi connectivity index (χ0v) is 9.45. The summed E-state index contributed by atoms with van der Waals surface area (Å²) in [5, 5.41) is 0. The smallest absolute Gasteiger partial charge is 0.0133 e. The summed E-state index contributed by atoms with van der Waals surface area (Å²) in [6.07, 6.45) is 5.91. The van der Waals surface area contributed by atoms with Crippen LogP contribution in [0.2, 0.25) is 0 Å². The van der Waals surface area contributed by atoms with E-state index in [0.717, 1.165) is 23.9 Å². The van der Waals surface area contributed by atoms with Crippen LogP contribution < -0.4 is 0 Å². The van der Waals surface area contributed by atoms with Gasteiger partial charge in [-0.1, -0.05) is 0 Å². The summed E-state index contributed by atoms with van der Waals surface area (Å²) >= 11 is 0. The summed E-state index contributed by atoms with van der Waals surface area (Å²) in [4.78, 5) is 5.30. The van der Waals surface area contributed by atoms with Crippen LogP contribution in [0.5, 0.6) is 0 Å². The van der Waals surface area contributed by atoms with Crippen molar-refractivity contribution in [1.82, 2.24) is 9.80 Å². The maximum atomic E-state index is 2.65. The first-order chi connectivity index (χ1) is 6.75. The van der Waals surface area contributed by atoms with Crippen LogP contribution in [0, 0.1) is 11.8 Å². The van der Waals surface area contributed by atoms with Gasteiger partial charge in [-0.3, -0.25) is 0 Å². The summed E-state index contributed by atoms with van der Waals surface area (Å²) in [6, 6.07) is 1.80.